The second-order valence-corrected chi connectivity index (χ2v) is 30.3. The number of hydrogen-bond donors (Lipinski definition) is 0. The molecule has 8 aromatic rings. The van der Waals surface area contributed by atoms with Crippen LogP contribution in [0.3, 0.4) is 0 Å². The molecule has 47 heteroatoms. The molecule has 112 heavy (non-hydrogen) atoms. The average Bonchev–Trinajstić information content (AvgIpc) is 0.713. The van der Waals surface area contributed by atoms with Crippen LogP contribution in [-0.2, 0) is 87.2 Å². The van der Waals surface area contributed by atoms with Gasteiger partial charge < -0.3 is 24.6 Å². The van der Waals surface area contributed by atoms with Gasteiger partial charge in [0.15, 0.2) is 23.1 Å². The van der Waals surface area contributed by atoms with Crippen molar-refractivity contribution >= 4 is 71.7 Å². The van der Waals surface area contributed by atoms with E-state index in [2.05, 4.69) is 39.7 Å². The number of halogens is 24. The predicted octanol–water partition coefficient (Wildman–Crippen LogP) is 21.8. The van der Waals surface area contributed by atoms with E-state index in [1.807, 2.05) is 146 Å². The second kappa shape index (κ2) is 38.7. The molecule has 0 atom stereocenters. The first-order valence-corrected chi connectivity index (χ1v) is 38.1. The van der Waals surface area contributed by atoms with Crippen LogP contribution in [0.5, 0.6) is 0 Å². The summed E-state index contributed by atoms with van der Waals surface area (Å²) < 4.78 is 237. The predicted molar refractivity (Wildman–Crippen MR) is 359 cm³/mol. The third kappa shape index (κ3) is 60.8. The van der Waals surface area contributed by atoms with Gasteiger partial charge in [-0.25, -0.2) is 0 Å². The standard InChI is InChI=1S/C20H10O6.2C18H18N4.3C3H6O.2Co.4F6P/c21-15-9-5-1-3-7-11(9)17(23)19(25)13(15)14-16(22)10-6-2-4-8-12(10)18(24)20(14)26;2*1-4-10-19-16(7-1)13-22(14-17-8-2-5-11-20-17)15-18-9-3-6-12-21-18;3*1-3(2)4;;;4*1-7(2,3,4,5)6/h1-8,25-26H;2*1-12H,13-15H2;3*1-2H3;;;;;;/q;;;;;;2*+3;4*-1/p-2. The van der Waals surface area contributed by atoms with Crippen molar-refractivity contribution in [3.8, 4) is 0 Å². The number of nitrogens with zero attached hydrogens (tertiary/aromatic N) is 8. The van der Waals surface area contributed by atoms with Gasteiger partial charge in [0.05, 0.1) is 34.2 Å². The molecule has 6 aromatic heterocycles. The van der Waals surface area contributed by atoms with Crippen LogP contribution in [0.25, 0.3) is 0 Å². The summed E-state index contributed by atoms with van der Waals surface area (Å²) in [7, 11) is -42.6. The quantitative estimate of drug-likeness (QED) is 0.0768. The molecule has 0 aliphatic heterocycles. The smallest absolute Gasteiger partial charge is 0.869 e. The van der Waals surface area contributed by atoms with E-state index in [4.69, 9.17) is 0 Å². The molecular formula is C65H62Co2F24N8O9P4. The van der Waals surface area contributed by atoms with Crippen molar-refractivity contribution in [2.75, 3.05) is 0 Å². The zero-order chi connectivity index (χ0) is 85.0. The van der Waals surface area contributed by atoms with Gasteiger partial charge in [0, 0.05) is 110 Å². The summed E-state index contributed by atoms with van der Waals surface area (Å²) in [4.78, 5) is 110. The molecule has 17 nitrogen and oxygen atoms in total. The van der Waals surface area contributed by atoms with Gasteiger partial charge in [-0.3, -0.25) is 58.9 Å². The van der Waals surface area contributed by atoms with Gasteiger partial charge in [0.1, 0.15) is 17.3 Å². The normalized spacial score (nSPS) is 14.6. The van der Waals surface area contributed by atoms with Crippen LogP contribution in [0.2, 0.25) is 0 Å². The van der Waals surface area contributed by atoms with Crippen molar-refractivity contribution in [3.05, 3.63) is 274 Å². The number of benzene rings is 2. The van der Waals surface area contributed by atoms with Gasteiger partial charge in [-0.15, -0.1) is 0 Å². The topological polar surface area (TPSA) is 249 Å². The molecule has 2 aromatic carbocycles. The third-order valence-corrected chi connectivity index (χ3v) is 11.1. The molecule has 0 saturated carbocycles. The molecule has 0 amide bonds. The largest absolute Gasteiger partial charge is 3.00 e. The number of rotatable bonds is 13. The Bertz CT molecular complexity index is 3930. The number of pyridine rings is 6. The maximum atomic E-state index is 12.7. The molecule has 0 fully saturated rings. The maximum absolute atomic E-state index is 12.7. The number of fused-ring (bicyclic) bond motifs is 2. The van der Waals surface area contributed by atoms with Gasteiger partial charge in [-0.1, -0.05) is 84.9 Å². The number of aromatic nitrogens is 6. The average molecular weight is 1800 g/mol. The number of carbonyl (C=O) groups excluding carboxylic acids is 7. The fraction of sp³-hybridized carbons (Fsp3) is 0.185. The molecule has 0 N–H and O–H groups in total. The SMILES string of the molecule is CC(C)=O.CC(C)=O.CC(C)=O.F[P-](F)(F)(F)(F)F.F[P-](F)(F)(F)(F)F.F[P-](F)(F)(F)(F)F.F[P-](F)(F)(F)(F)F.O=C1C([O-])=C(C2=C([O-])C(=O)c3ccccc3C2=O)C(=O)c2ccccc21.[Co+3].[Co+3].c1ccc(CN(Cc2ccccn2)Cc2ccccn2)nc1.c1ccc(CN(Cc2ccccn2)Cc2ccccn2)nc1. The summed E-state index contributed by atoms with van der Waals surface area (Å²) in [6.45, 7) is 13.8. The van der Waals surface area contributed by atoms with Gasteiger partial charge in [-0.2, -0.15) is 0 Å². The summed E-state index contributed by atoms with van der Waals surface area (Å²) in [5, 5.41) is 24.9. The molecule has 0 bridgehead atoms. The summed E-state index contributed by atoms with van der Waals surface area (Å²) >= 11 is 0. The molecule has 0 radical (unpaired) electrons. The van der Waals surface area contributed by atoms with Crippen LogP contribution in [0.4, 0.5) is 101 Å². The van der Waals surface area contributed by atoms with Crippen molar-refractivity contribution in [2.45, 2.75) is 80.8 Å². The number of ketones is 7. The van der Waals surface area contributed by atoms with E-state index in [1.165, 1.54) is 90.1 Å². The first-order valence-electron chi connectivity index (χ1n) is 29.9. The minimum atomic E-state index is -10.7. The Hall–Kier alpha value is -8.92. The zero-order valence-electron chi connectivity index (χ0n) is 58.0. The van der Waals surface area contributed by atoms with Crippen LogP contribution < -0.4 is 10.2 Å². The monoisotopic (exact) mass is 1800 g/mol. The maximum Gasteiger partial charge on any atom is 3.00 e. The second-order valence-electron chi connectivity index (χ2n) is 22.6. The summed E-state index contributed by atoms with van der Waals surface area (Å²) in [5.74, 6) is -5.80. The van der Waals surface area contributed by atoms with E-state index in [0.29, 0.717) is 0 Å². The van der Waals surface area contributed by atoms with Crippen LogP contribution in [-0.4, -0.2) is 80.2 Å². The van der Waals surface area contributed by atoms with Crippen LogP contribution in [0, 0.1) is 0 Å². The van der Waals surface area contributed by atoms with E-state index in [0.717, 1.165) is 73.4 Å². The van der Waals surface area contributed by atoms with Crippen LogP contribution >= 0.6 is 31.2 Å². The molecule has 6 heterocycles. The Morgan fingerprint density at radius 1 is 0.268 bits per heavy atom. The van der Waals surface area contributed by atoms with Gasteiger partial charge >= 0.3 is 166 Å². The first kappa shape index (κ1) is 105. The molecule has 0 saturated heterocycles. The number of allylic oxidation sites excluding steroid dienone is 4. The van der Waals surface area contributed by atoms with Gasteiger partial charge in [0.2, 0.25) is 0 Å². The summed E-state index contributed by atoms with van der Waals surface area (Å²) in [6.07, 6.45) is 11.0. The Morgan fingerprint density at radius 3 is 0.518 bits per heavy atom. The first-order chi connectivity index (χ1) is 49.2. The van der Waals surface area contributed by atoms with E-state index in [9.17, 15) is 145 Å². The summed E-state index contributed by atoms with van der Waals surface area (Å²) in [6, 6.07) is 47.3. The molecule has 0 spiro atoms. The summed E-state index contributed by atoms with van der Waals surface area (Å²) in [5.41, 5.74) is 4.32. The van der Waals surface area contributed by atoms with Gasteiger partial charge in [0.25, 0.3) is 0 Å². The fourth-order valence-electron chi connectivity index (χ4n) is 7.82. The van der Waals surface area contributed by atoms with Crippen molar-refractivity contribution in [2.24, 2.45) is 0 Å². The Morgan fingerprint density at radius 2 is 0.393 bits per heavy atom. The number of Topliss-reactive ketones (excluding diaryl/α,β-unsaturated/α-hetero) is 7. The van der Waals surface area contributed by atoms with E-state index in [1.54, 1.807) is 0 Å². The molecular weight excluding hydrogens is 1730 g/mol. The third-order valence-electron chi connectivity index (χ3n) is 11.1. The van der Waals surface area contributed by atoms with E-state index >= 15 is 0 Å². The Kier molecular flexibility index (Phi) is 36.4. The molecule has 2 aliphatic rings. The minimum Gasteiger partial charge on any atom is -0.869 e. The van der Waals surface area contributed by atoms with Gasteiger partial charge in [-0.05, 0) is 126 Å². The zero-order valence-corrected chi connectivity index (χ0v) is 63.7. The van der Waals surface area contributed by atoms with Crippen molar-refractivity contribution in [1.29, 1.82) is 0 Å². The number of hydrogen-bond acceptors (Lipinski definition) is 17. The number of carbonyl (C=O) groups is 7. The van der Waals surface area contributed by atoms with E-state index < -0.39 is 77.0 Å². The molecule has 2 aliphatic carbocycles. The molecule has 10 rings (SSSR count). The molecule has 0 unspecified atom stereocenters. The fourth-order valence-corrected chi connectivity index (χ4v) is 7.82. The minimum absolute atomic E-state index is 0. The van der Waals surface area contributed by atoms with E-state index in [-0.39, 0.29) is 73.2 Å². The Labute approximate surface area is 641 Å². The molecule has 622 valence electrons. The van der Waals surface area contributed by atoms with Crippen molar-refractivity contribution < 1.29 is 178 Å². The van der Waals surface area contributed by atoms with Crippen molar-refractivity contribution in [1.82, 2.24) is 39.7 Å². The van der Waals surface area contributed by atoms with Crippen LogP contribution in [0.1, 0.15) is 117 Å². The Balaban J connectivity index is 0. The van der Waals surface area contributed by atoms with Crippen LogP contribution in [0.15, 0.2) is 218 Å². The van der Waals surface area contributed by atoms with Crippen molar-refractivity contribution in [3.63, 3.8) is 0 Å².